The molecule has 0 spiro atoms. The first-order valence-corrected chi connectivity index (χ1v) is 3.26. The molecule has 0 saturated heterocycles. The molecule has 1 amide bonds. The van der Waals surface area contributed by atoms with Crippen LogP contribution in [0.5, 0.6) is 0 Å². The summed E-state index contributed by atoms with van der Waals surface area (Å²) in [6.45, 7) is 8.86. The number of aryl methyl sites for hydroxylation is 1. The molecule has 0 bridgehead atoms. The first-order valence-electron chi connectivity index (χ1n) is 3.26. The molecule has 0 atom stereocenters. The Hall–Kier alpha value is -0.570. The monoisotopic (exact) mass is 143 g/mol. The summed E-state index contributed by atoms with van der Waals surface area (Å²) in [6, 6.07) is 0. The Labute approximate surface area is 67.0 Å². The zero-order valence-electron chi connectivity index (χ0n) is 6.16. The molecule has 0 radical (unpaired) electrons. The number of hydrogen-bond acceptors (Lipinski definition) is 2. The number of carbonyl (C=O) groups is 1. The van der Waals surface area contributed by atoms with Crippen molar-refractivity contribution in [3.05, 3.63) is 10.9 Å². The van der Waals surface area contributed by atoms with Crippen LogP contribution in [0.2, 0.25) is 0 Å². The SMILES string of the molecule is Cc1bbbbc1C(=O)NO. The van der Waals surface area contributed by atoms with Crippen molar-refractivity contribution in [1.82, 2.24) is 5.48 Å². The molecule has 0 unspecified atom stereocenters. The Kier molecular flexibility index (Phi) is 2.88. The molecule has 0 aliphatic rings. The summed E-state index contributed by atoms with van der Waals surface area (Å²) in [7, 11) is 0. The fraction of sp³-hybridized carbons (Fsp3) is 0.250. The van der Waals surface area contributed by atoms with E-state index < -0.39 is 5.91 Å². The molecular formula is C4H5B4NO2. The second-order valence-corrected chi connectivity index (χ2v) is 2.26. The summed E-state index contributed by atoms with van der Waals surface area (Å²) in [4.78, 5) is 10.9. The van der Waals surface area contributed by atoms with Gasteiger partial charge in [-0.2, -0.15) is 0 Å². The van der Waals surface area contributed by atoms with Gasteiger partial charge in [-0.3, -0.25) is 0 Å². The molecule has 1 rings (SSSR count). The van der Waals surface area contributed by atoms with Crippen molar-refractivity contribution in [3.8, 4) is 0 Å². The van der Waals surface area contributed by atoms with E-state index in [-0.39, 0.29) is 0 Å². The van der Waals surface area contributed by atoms with Crippen molar-refractivity contribution in [2.24, 2.45) is 0 Å². The molecule has 50 valence electrons. The topological polar surface area (TPSA) is 49.3 Å². The van der Waals surface area contributed by atoms with Gasteiger partial charge in [0, 0.05) is 0 Å². The Bertz CT molecular complexity index is 279. The second kappa shape index (κ2) is 3.72. The van der Waals surface area contributed by atoms with Crippen molar-refractivity contribution in [2.45, 2.75) is 6.92 Å². The molecule has 0 saturated carbocycles. The molecule has 1 aromatic heterocycles. The third-order valence-electron chi connectivity index (χ3n) is 1.49. The Morgan fingerprint density at radius 3 is 2.64 bits per heavy atom. The van der Waals surface area contributed by atoms with Crippen LogP contribution in [-0.4, -0.2) is 38.1 Å². The predicted molar refractivity (Wildman–Crippen MR) is 45.8 cm³/mol. The fourth-order valence-corrected chi connectivity index (χ4v) is 0.888. The maximum absolute atomic E-state index is 10.9. The molecule has 11 heavy (non-hydrogen) atoms. The van der Waals surface area contributed by atoms with E-state index >= 15 is 0 Å². The van der Waals surface area contributed by atoms with Gasteiger partial charge in [-0.1, -0.05) is 0 Å². The van der Waals surface area contributed by atoms with Gasteiger partial charge in [0.25, 0.3) is 0 Å². The molecule has 3 nitrogen and oxygen atoms in total. The van der Waals surface area contributed by atoms with E-state index in [1.807, 2.05) is 20.4 Å². The van der Waals surface area contributed by atoms with E-state index in [2.05, 4.69) is 0 Å². The minimum absolute atomic E-state index is 0.469. The van der Waals surface area contributed by atoms with Crippen LogP contribution in [0.3, 0.4) is 0 Å². The van der Waals surface area contributed by atoms with Crippen LogP contribution < -0.4 is 5.48 Å². The van der Waals surface area contributed by atoms with Crippen molar-refractivity contribution in [1.29, 1.82) is 0 Å². The molecular weight excluding hydrogens is 137 g/mol. The number of hydroxylamine groups is 1. The predicted octanol–water partition coefficient (Wildman–Crippen LogP) is -1.53. The molecule has 0 aliphatic heterocycles. The van der Waals surface area contributed by atoms with Crippen LogP contribution in [0, 0.1) is 6.92 Å². The van der Waals surface area contributed by atoms with Crippen LogP contribution in [0.15, 0.2) is 0 Å². The second-order valence-electron chi connectivity index (χ2n) is 2.26. The molecule has 0 aromatic carbocycles. The van der Waals surface area contributed by atoms with E-state index in [1.54, 1.807) is 19.0 Å². The number of nitrogens with one attached hydrogen (secondary N) is 1. The van der Waals surface area contributed by atoms with Gasteiger partial charge in [-0.15, -0.1) is 0 Å². The molecule has 0 aliphatic carbocycles. The maximum atomic E-state index is 10.9. The Morgan fingerprint density at radius 2 is 2.09 bits per heavy atom. The zero-order chi connectivity index (χ0) is 8.27. The van der Waals surface area contributed by atoms with E-state index in [4.69, 9.17) is 5.21 Å². The van der Waals surface area contributed by atoms with Crippen molar-refractivity contribution in [2.75, 3.05) is 0 Å². The van der Waals surface area contributed by atoms with Gasteiger partial charge < -0.3 is 0 Å². The van der Waals surface area contributed by atoms with Crippen LogP contribution in [0.1, 0.15) is 15.7 Å². The van der Waals surface area contributed by atoms with E-state index in [0.29, 0.717) is 5.46 Å². The third kappa shape index (κ3) is 1.93. The summed E-state index contributed by atoms with van der Waals surface area (Å²) in [5.41, 5.74) is 2.92. The minimum atomic E-state index is -0.469. The Morgan fingerprint density at radius 1 is 1.45 bits per heavy atom. The van der Waals surface area contributed by atoms with Gasteiger partial charge in [-0.05, 0) is 0 Å². The summed E-state index contributed by atoms with van der Waals surface area (Å²) in [5, 5.41) is 8.31. The average Bonchev–Trinajstić information content (AvgIpc) is 2.04. The molecule has 7 heteroatoms. The average molecular weight is 142 g/mol. The normalized spacial score (nSPS) is 7.82. The van der Waals surface area contributed by atoms with Gasteiger partial charge in [0.05, 0.1) is 0 Å². The number of carbonyl (C=O) groups excluding carboxylic acids is 1. The van der Waals surface area contributed by atoms with Crippen LogP contribution in [0.4, 0.5) is 0 Å². The van der Waals surface area contributed by atoms with Gasteiger partial charge in [0.2, 0.25) is 0 Å². The van der Waals surface area contributed by atoms with Crippen molar-refractivity contribution in [3.63, 3.8) is 0 Å². The summed E-state index contributed by atoms with van der Waals surface area (Å²) >= 11 is 0. The first kappa shape index (κ1) is 8.53. The van der Waals surface area contributed by atoms with E-state index in [9.17, 15) is 4.79 Å². The summed E-state index contributed by atoms with van der Waals surface area (Å²) in [6.07, 6.45) is 0. The van der Waals surface area contributed by atoms with Gasteiger partial charge in [0.15, 0.2) is 0 Å². The standard InChI is InChI=1S/C4H5B4NO2/c1-2-3(4(10)9-11)6-8-7-5-2/h11H,1H3,(H,9,10). The van der Waals surface area contributed by atoms with Crippen molar-refractivity contribution >= 4 is 32.9 Å². The molecule has 2 N–H and O–H groups in total. The zero-order valence-corrected chi connectivity index (χ0v) is 6.16. The molecule has 1 heterocycles. The summed E-state index contributed by atoms with van der Waals surface area (Å²) in [5.74, 6) is -0.469. The number of rotatable bonds is 1. The van der Waals surface area contributed by atoms with Gasteiger partial charge in [-0.25, -0.2) is 0 Å². The number of hydrogen-bond donors (Lipinski definition) is 2. The van der Waals surface area contributed by atoms with Gasteiger partial charge >= 0.3 is 66.2 Å². The summed E-state index contributed by atoms with van der Waals surface area (Å²) < 4.78 is 0. The van der Waals surface area contributed by atoms with Crippen molar-refractivity contribution < 1.29 is 10.0 Å². The van der Waals surface area contributed by atoms with Gasteiger partial charge in [0.1, 0.15) is 0 Å². The van der Waals surface area contributed by atoms with Crippen LogP contribution >= 0.6 is 0 Å². The van der Waals surface area contributed by atoms with E-state index in [1.165, 1.54) is 0 Å². The first-order chi connectivity index (χ1) is 5.25. The van der Waals surface area contributed by atoms with Crippen LogP contribution in [-0.2, 0) is 0 Å². The fourth-order valence-electron chi connectivity index (χ4n) is 0.888. The van der Waals surface area contributed by atoms with E-state index in [0.717, 1.165) is 5.46 Å². The molecule has 0 fully saturated rings. The molecule has 1 aromatic rings. The third-order valence-corrected chi connectivity index (χ3v) is 1.49. The quantitative estimate of drug-likeness (QED) is 0.369. The Balaban J connectivity index is 3.03. The van der Waals surface area contributed by atoms with Crippen LogP contribution in [0.25, 0.3) is 0 Å². The number of amides is 1.